The zero-order chi connectivity index (χ0) is 17.5. The van der Waals surface area contributed by atoms with Crippen molar-refractivity contribution in [2.45, 2.75) is 46.1 Å². The number of nitrogens with one attached hydrogen (secondary N) is 2. The standard InChI is InChI=1S/C17H24N4O3/c1-4-15-20-16(24-21-15)13-8-7-11(2)14(10-13)19-17(23)18-12(3)6-5-9-22/h7-8,10,12,22H,4-6,9H2,1-3H3,(H2,18,19,23). The van der Waals surface area contributed by atoms with Crippen molar-refractivity contribution in [1.82, 2.24) is 15.5 Å². The van der Waals surface area contributed by atoms with E-state index in [1.165, 1.54) is 0 Å². The Bertz CT molecular complexity index is 684. The van der Waals surface area contributed by atoms with Gasteiger partial charge in [-0.15, -0.1) is 0 Å². The van der Waals surface area contributed by atoms with Gasteiger partial charge in [0.15, 0.2) is 5.82 Å². The summed E-state index contributed by atoms with van der Waals surface area (Å²) in [6, 6.07) is 5.31. The Balaban J connectivity index is 2.07. The largest absolute Gasteiger partial charge is 0.396 e. The number of rotatable bonds is 7. The van der Waals surface area contributed by atoms with Crippen LogP contribution in [0.3, 0.4) is 0 Å². The highest BCUT2D eigenvalue weighted by molar-refractivity contribution is 5.91. The van der Waals surface area contributed by atoms with Crippen LogP contribution in [-0.2, 0) is 6.42 Å². The molecule has 0 aliphatic carbocycles. The molecular formula is C17H24N4O3. The number of benzene rings is 1. The average Bonchev–Trinajstić information content (AvgIpc) is 3.04. The third-order valence-electron chi connectivity index (χ3n) is 3.69. The van der Waals surface area contributed by atoms with E-state index < -0.39 is 0 Å². The highest BCUT2D eigenvalue weighted by atomic mass is 16.5. The SMILES string of the molecule is CCc1noc(-c2ccc(C)c(NC(=O)NC(C)CCCO)c2)n1. The molecule has 1 heterocycles. The number of aliphatic hydroxyl groups is 1. The molecule has 7 nitrogen and oxygen atoms in total. The van der Waals surface area contributed by atoms with E-state index in [1.54, 1.807) is 0 Å². The summed E-state index contributed by atoms with van der Waals surface area (Å²) >= 11 is 0. The first-order chi connectivity index (χ1) is 11.5. The van der Waals surface area contributed by atoms with E-state index in [0.29, 0.717) is 30.2 Å². The molecule has 0 fully saturated rings. The second-order valence-corrected chi connectivity index (χ2v) is 5.76. The average molecular weight is 332 g/mol. The Labute approximate surface area is 141 Å². The van der Waals surface area contributed by atoms with Crippen LogP contribution in [0.5, 0.6) is 0 Å². The van der Waals surface area contributed by atoms with Crippen molar-refractivity contribution in [3.63, 3.8) is 0 Å². The van der Waals surface area contributed by atoms with Crippen LogP contribution in [-0.4, -0.2) is 33.9 Å². The molecule has 2 amide bonds. The molecule has 2 rings (SSSR count). The topological polar surface area (TPSA) is 100 Å². The van der Waals surface area contributed by atoms with Gasteiger partial charge in [-0.3, -0.25) is 0 Å². The number of aliphatic hydroxyl groups excluding tert-OH is 1. The monoisotopic (exact) mass is 332 g/mol. The zero-order valence-corrected chi connectivity index (χ0v) is 14.3. The van der Waals surface area contributed by atoms with Crippen LogP contribution in [0.4, 0.5) is 10.5 Å². The van der Waals surface area contributed by atoms with Crippen molar-refractivity contribution >= 4 is 11.7 Å². The van der Waals surface area contributed by atoms with Gasteiger partial charge in [0.05, 0.1) is 0 Å². The molecule has 24 heavy (non-hydrogen) atoms. The van der Waals surface area contributed by atoms with E-state index in [9.17, 15) is 4.79 Å². The van der Waals surface area contributed by atoms with E-state index in [4.69, 9.17) is 9.63 Å². The van der Waals surface area contributed by atoms with E-state index in [-0.39, 0.29) is 18.7 Å². The number of hydrogen-bond donors (Lipinski definition) is 3. The first-order valence-corrected chi connectivity index (χ1v) is 8.15. The Morgan fingerprint density at radius 2 is 2.21 bits per heavy atom. The number of carbonyl (C=O) groups is 1. The third kappa shape index (κ3) is 4.79. The second kappa shape index (κ2) is 8.44. The minimum atomic E-state index is -0.277. The van der Waals surface area contributed by atoms with Gasteiger partial charge in [0.1, 0.15) is 0 Å². The van der Waals surface area contributed by atoms with E-state index >= 15 is 0 Å². The number of aromatic nitrogens is 2. The van der Waals surface area contributed by atoms with Crippen LogP contribution in [0.1, 0.15) is 38.1 Å². The van der Waals surface area contributed by atoms with Gasteiger partial charge in [-0.05, 0) is 44.4 Å². The lowest BCUT2D eigenvalue weighted by Gasteiger charge is -2.15. The van der Waals surface area contributed by atoms with Gasteiger partial charge in [-0.25, -0.2) is 4.79 Å². The van der Waals surface area contributed by atoms with Crippen LogP contribution in [0.2, 0.25) is 0 Å². The molecule has 0 aliphatic rings. The normalized spacial score (nSPS) is 12.0. The van der Waals surface area contributed by atoms with Crippen LogP contribution < -0.4 is 10.6 Å². The smallest absolute Gasteiger partial charge is 0.319 e. The van der Waals surface area contributed by atoms with Gasteiger partial charge in [-0.1, -0.05) is 18.1 Å². The zero-order valence-electron chi connectivity index (χ0n) is 14.3. The number of anilines is 1. The molecule has 3 N–H and O–H groups in total. The second-order valence-electron chi connectivity index (χ2n) is 5.76. The van der Waals surface area contributed by atoms with Crippen molar-refractivity contribution in [1.29, 1.82) is 0 Å². The van der Waals surface area contributed by atoms with Crippen LogP contribution >= 0.6 is 0 Å². The molecular weight excluding hydrogens is 308 g/mol. The van der Waals surface area contributed by atoms with Crippen molar-refractivity contribution in [2.75, 3.05) is 11.9 Å². The van der Waals surface area contributed by atoms with Gasteiger partial charge < -0.3 is 20.3 Å². The molecule has 1 aromatic carbocycles. The van der Waals surface area contributed by atoms with Crippen molar-refractivity contribution < 1.29 is 14.4 Å². The quantitative estimate of drug-likeness (QED) is 0.724. The molecule has 0 saturated heterocycles. The third-order valence-corrected chi connectivity index (χ3v) is 3.69. The van der Waals surface area contributed by atoms with Gasteiger partial charge >= 0.3 is 6.03 Å². The number of urea groups is 1. The summed E-state index contributed by atoms with van der Waals surface area (Å²) in [5.41, 5.74) is 2.39. The molecule has 0 aliphatic heterocycles. The van der Waals surface area contributed by atoms with E-state index in [0.717, 1.165) is 17.5 Å². The van der Waals surface area contributed by atoms with E-state index in [1.807, 2.05) is 39.0 Å². The van der Waals surface area contributed by atoms with Gasteiger partial charge in [0, 0.05) is 30.3 Å². The number of nitrogens with zero attached hydrogens (tertiary/aromatic N) is 2. The van der Waals surface area contributed by atoms with Crippen molar-refractivity contribution in [2.24, 2.45) is 0 Å². The summed E-state index contributed by atoms with van der Waals surface area (Å²) in [6.07, 6.45) is 2.09. The molecule has 1 unspecified atom stereocenters. The highest BCUT2D eigenvalue weighted by Crippen LogP contribution is 2.24. The Hall–Kier alpha value is -2.41. The van der Waals surface area contributed by atoms with Gasteiger partial charge in [0.25, 0.3) is 5.89 Å². The molecule has 0 radical (unpaired) electrons. The summed E-state index contributed by atoms with van der Waals surface area (Å²) in [7, 11) is 0. The predicted molar refractivity (Wildman–Crippen MR) is 91.8 cm³/mol. The Morgan fingerprint density at radius 3 is 2.88 bits per heavy atom. The maximum absolute atomic E-state index is 12.1. The fraction of sp³-hybridized carbons (Fsp3) is 0.471. The maximum atomic E-state index is 12.1. The molecule has 7 heteroatoms. The molecule has 0 saturated carbocycles. The first kappa shape index (κ1) is 17.9. The molecule has 2 aromatic rings. The summed E-state index contributed by atoms with van der Waals surface area (Å²) in [6.45, 7) is 5.90. The highest BCUT2D eigenvalue weighted by Gasteiger charge is 2.12. The summed E-state index contributed by atoms with van der Waals surface area (Å²) in [5, 5.41) is 18.4. The molecule has 130 valence electrons. The Morgan fingerprint density at radius 1 is 1.42 bits per heavy atom. The lowest BCUT2D eigenvalue weighted by Crippen LogP contribution is -2.36. The minimum absolute atomic E-state index is 0.0105. The van der Waals surface area contributed by atoms with Crippen LogP contribution in [0, 0.1) is 6.92 Å². The van der Waals surface area contributed by atoms with Crippen molar-refractivity contribution in [3.05, 3.63) is 29.6 Å². The molecule has 1 atom stereocenters. The van der Waals surface area contributed by atoms with E-state index in [2.05, 4.69) is 20.8 Å². The first-order valence-electron chi connectivity index (χ1n) is 8.15. The molecule has 1 aromatic heterocycles. The number of hydrogen-bond acceptors (Lipinski definition) is 5. The fourth-order valence-corrected chi connectivity index (χ4v) is 2.26. The lowest BCUT2D eigenvalue weighted by molar-refractivity contribution is 0.245. The molecule has 0 bridgehead atoms. The summed E-state index contributed by atoms with van der Waals surface area (Å²) in [5.74, 6) is 1.09. The van der Waals surface area contributed by atoms with Crippen molar-refractivity contribution in [3.8, 4) is 11.5 Å². The van der Waals surface area contributed by atoms with Crippen LogP contribution in [0.15, 0.2) is 22.7 Å². The summed E-state index contributed by atoms with van der Waals surface area (Å²) in [4.78, 5) is 16.4. The summed E-state index contributed by atoms with van der Waals surface area (Å²) < 4.78 is 5.24. The lowest BCUT2D eigenvalue weighted by atomic mass is 10.1. The van der Waals surface area contributed by atoms with Gasteiger partial charge in [0.2, 0.25) is 0 Å². The fourth-order valence-electron chi connectivity index (χ4n) is 2.26. The Kier molecular flexibility index (Phi) is 6.31. The van der Waals surface area contributed by atoms with Crippen LogP contribution in [0.25, 0.3) is 11.5 Å². The number of aryl methyl sites for hydroxylation is 2. The predicted octanol–water partition coefficient (Wildman–Crippen LogP) is 2.89. The molecule has 0 spiro atoms. The van der Waals surface area contributed by atoms with Gasteiger partial charge in [-0.2, -0.15) is 4.98 Å². The minimum Gasteiger partial charge on any atom is -0.396 e. The maximum Gasteiger partial charge on any atom is 0.319 e. The number of amides is 2. The number of carbonyl (C=O) groups excluding carboxylic acids is 1.